The molecule has 108 valence electrons. The number of allylic oxidation sites excluding steroid dienone is 1. The number of carbonyl (C=O) groups is 1. The summed E-state index contributed by atoms with van der Waals surface area (Å²) in [6.45, 7) is 4.26. The van der Waals surface area contributed by atoms with E-state index in [1.165, 1.54) is 4.88 Å². The molecular weight excluding hydrogens is 302 g/mol. The number of hydrogen-bond donors (Lipinski definition) is 1. The van der Waals surface area contributed by atoms with Crippen molar-refractivity contribution >= 4 is 34.4 Å². The van der Waals surface area contributed by atoms with Gasteiger partial charge in [-0.1, -0.05) is 41.9 Å². The molecule has 0 radical (unpaired) electrons. The molecule has 2 aromatic rings. The third kappa shape index (κ3) is 3.04. The van der Waals surface area contributed by atoms with Gasteiger partial charge in [0.05, 0.1) is 4.34 Å². The Labute approximate surface area is 133 Å². The number of hydrogen-bond acceptors (Lipinski definition) is 3. The van der Waals surface area contributed by atoms with Crippen LogP contribution >= 0.6 is 22.9 Å². The minimum absolute atomic E-state index is 0.00377. The summed E-state index contributed by atoms with van der Waals surface area (Å²) in [5.74, 6) is 0.00377. The van der Waals surface area contributed by atoms with Crippen LogP contribution in [0.2, 0.25) is 4.34 Å². The van der Waals surface area contributed by atoms with Crippen LogP contribution in [0.25, 0.3) is 5.70 Å². The van der Waals surface area contributed by atoms with Crippen LogP contribution in [0.5, 0.6) is 0 Å². The molecule has 0 atom stereocenters. The van der Waals surface area contributed by atoms with E-state index in [9.17, 15) is 4.79 Å². The Morgan fingerprint density at radius 2 is 2.05 bits per heavy atom. The smallest absolute Gasteiger partial charge is 0.187 e. The Morgan fingerprint density at radius 1 is 1.33 bits per heavy atom. The standard InChI is InChI=1S/C17H16ClNOS/c1-17(2)10-15-12(8-16(18)21-15)13(19-17)9-14(20)11-6-4-3-5-7-11/h3-9,19H,10H2,1-2H3/b13-9-. The van der Waals surface area contributed by atoms with Crippen molar-refractivity contribution in [2.75, 3.05) is 0 Å². The van der Waals surface area contributed by atoms with Crippen LogP contribution in [0.4, 0.5) is 0 Å². The first kappa shape index (κ1) is 14.4. The fourth-order valence-electron chi connectivity index (χ4n) is 2.56. The first-order valence-corrected chi connectivity index (χ1v) is 8.02. The van der Waals surface area contributed by atoms with E-state index in [1.54, 1.807) is 17.4 Å². The van der Waals surface area contributed by atoms with Crippen molar-refractivity contribution in [2.24, 2.45) is 0 Å². The van der Waals surface area contributed by atoms with Gasteiger partial charge in [0.2, 0.25) is 0 Å². The lowest BCUT2D eigenvalue weighted by Crippen LogP contribution is -2.43. The number of halogens is 1. The summed E-state index contributed by atoms with van der Waals surface area (Å²) < 4.78 is 0.762. The molecule has 2 heterocycles. The average Bonchev–Trinajstić information content (AvgIpc) is 2.78. The van der Waals surface area contributed by atoms with Crippen molar-refractivity contribution in [3.8, 4) is 0 Å². The highest BCUT2D eigenvalue weighted by Crippen LogP contribution is 2.37. The molecule has 1 N–H and O–H groups in total. The predicted octanol–water partition coefficient (Wildman–Crippen LogP) is 4.55. The molecule has 0 aliphatic carbocycles. The van der Waals surface area contributed by atoms with E-state index in [1.807, 2.05) is 36.4 Å². The van der Waals surface area contributed by atoms with Crippen LogP contribution in [0.3, 0.4) is 0 Å². The first-order chi connectivity index (χ1) is 9.94. The zero-order valence-electron chi connectivity index (χ0n) is 11.9. The average molecular weight is 318 g/mol. The molecule has 0 spiro atoms. The summed E-state index contributed by atoms with van der Waals surface area (Å²) in [5.41, 5.74) is 2.52. The van der Waals surface area contributed by atoms with Crippen LogP contribution in [-0.4, -0.2) is 11.3 Å². The van der Waals surface area contributed by atoms with E-state index in [0.29, 0.717) is 5.56 Å². The maximum absolute atomic E-state index is 12.4. The SMILES string of the molecule is CC1(C)Cc2sc(Cl)cc2/C(=C/C(=O)c2ccccc2)N1. The molecule has 1 aliphatic heterocycles. The molecule has 0 amide bonds. The molecule has 2 nitrogen and oxygen atoms in total. The molecule has 3 rings (SSSR count). The summed E-state index contributed by atoms with van der Waals surface area (Å²) in [4.78, 5) is 13.6. The highest BCUT2D eigenvalue weighted by Gasteiger charge is 2.29. The highest BCUT2D eigenvalue weighted by atomic mass is 35.5. The normalized spacial score (nSPS) is 18.1. The van der Waals surface area contributed by atoms with Gasteiger partial charge in [-0.15, -0.1) is 11.3 Å². The molecule has 0 bridgehead atoms. The second-order valence-electron chi connectivity index (χ2n) is 5.86. The summed E-state index contributed by atoms with van der Waals surface area (Å²) in [7, 11) is 0. The van der Waals surface area contributed by atoms with Crippen molar-refractivity contribution in [1.29, 1.82) is 0 Å². The van der Waals surface area contributed by atoms with Crippen LogP contribution < -0.4 is 5.32 Å². The van der Waals surface area contributed by atoms with Crippen LogP contribution in [-0.2, 0) is 6.42 Å². The molecule has 1 aromatic carbocycles. The van der Waals surface area contributed by atoms with Crippen molar-refractivity contribution in [1.82, 2.24) is 5.32 Å². The van der Waals surface area contributed by atoms with Crippen molar-refractivity contribution in [2.45, 2.75) is 25.8 Å². The summed E-state index contributed by atoms with van der Waals surface area (Å²) in [6.07, 6.45) is 2.59. The fraction of sp³-hybridized carbons (Fsp3) is 0.235. The Hall–Kier alpha value is -1.58. The topological polar surface area (TPSA) is 29.1 Å². The monoisotopic (exact) mass is 317 g/mol. The second-order valence-corrected chi connectivity index (χ2v) is 7.63. The third-order valence-corrected chi connectivity index (χ3v) is 4.74. The molecule has 21 heavy (non-hydrogen) atoms. The van der Waals surface area contributed by atoms with Crippen LogP contribution in [0, 0.1) is 0 Å². The number of nitrogens with one attached hydrogen (secondary N) is 1. The minimum atomic E-state index is -0.0794. The zero-order chi connectivity index (χ0) is 15.0. The largest absolute Gasteiger partial charge is 0.379 e. The Balaban J connectivity index is 2.01. The fourth-order valence-corrected chi connectivity index (χ4v) is 4.08. The molecule has 4 heteroatoms. The molecule has 0 saturated carbocycles. The van der Waals surface area contributed by atoms with E-state index in [2.05, 4.69) is 19.2 Å². The van der Waals surface area contributed by atoms with E-state index in [-0.39, 0.29) is 11.3 Å². The Kier molecular flexibility index (Phi) is 3.64. The molecule has 1 aromatic heterocycles. The van der Waals surface area contributed by atoms with E-state index < -0.39 is 0 Å². The first-order valence-electron chi connectivity index (χ1n) is 6.82. The number of rotatable bonds is 2. The van der Waals surface area contributed by atoms with Gasteiger partial charge in [0, 0.05) is 39.7 Å². The number of ketones is 1. The van der Waals surface area contributed by atoms with Gasteiger partial charge >= 0.3 is 0 Å². The van der Waals surface area contributed by atoms with Gasteiger partial charge in [-0.25, -0.2) is 0 Å². The van der Waals surface area contributed by atoms with Gasteiger partial charge in [0.15, 0.2) is 5.78 Å². The van der Waals surface area contributed by atoms with Gasteiger partial charge in [-0.05, 0) is 19.9 Å². The van der Waals surface area contributed by atoms with Gasteiger partial charge in [0.1, 0.15) is 0 Å². The van der Waals surface area contributed by atoms with E-state index in [0.717, 1.165) is 22.0 Å². The summed E-state index contributed by atoms with van der Waals surface area (Å²) >= 11 is 7.73. The third-order valence-electron chi connectivity index (χ3n) is 3.48. The lowest BCUT2D eigenvalue weighted by Gasteiger charge is -2.33. The second kappa shape index (κ2) is 5.32. The van der Waals surface area contributed by atoms with Gasteiger partial charge in [-0.2, -0.15) is 0 Å². The minimum Gasteiger partial charge on any atom is -0.379 e. The van der Waals surface area contributed by atoms with Crippen molar-refractivity contribution in [3.05, 3.63) is 62.8 Å². The maximum atomic E-state index is 12.4. The van der Waals surface area contributed by atoms with E-state index >= 15 is 0 Å². The Bertz CT molecular complexity index is 716. The summed E-state index contributed by atoms with van der Waals surface area (Å²) in [5, 5.41) is 3.45. The zero-order valence-corrected chi connectivity index (χ0v) is 13.5. The van der Waals surface area contributed by atoms with Crippen molar-refractivity contribution in [3.63, 3.8) is 0 Å². The quantitative estimate of drug-likeness (QED) is 0.650. The molecule has 0 unspecified atom stereocenters. The molecule has 0 saturated heterocycles. The predicted molar refractivity (Wildman–Crippen MR) is 89.0 cm³/mol. The molecule has 1 aliphatic rings. The number of carbonyl (C=O) groups excluding carboxylic acids is 1. The van der Waals surface area contributed by atoms with Gasteiger partial charge in [0.25, 0.3) is 0 Å². The lowest BCUT2D eigenvalue weighted by atomic mass is 9.91. The number of benzene rings is 1. The number of fused-ring (bicyclic) bond motifs is 1. The maximum Gasteiger partial charge on any atom is 0.187 e. The van der Waals surface area contributed by atoms with Gasteiger partial charge < -0.3 is 5.32 Å². The highest BCUT2D eigenvalue weighted by molar-refractivity contribution is 7.16. The number of thiophene rings is 1. The van der Waals surface area contributed by atoms with Crippen molar-refractivity contribution < 1.29 is 4.79 Å². The molecule has 0 fully saturated rings. The van der Waals surface area contributed by atoms with E-state index in [4.69, 9.17) is 11.6 Å². The van der Waals surface area contributed by atoms with Crippen LogP contribution in [0.1, 0.15) is 34.6 Å². The summed E-state index contributed by atoms with van der Waals surface area (Å²) in [6, 6.07) is 11.2. The molecular formula is C17H16ClNOS. The van der Waals surface area contributed by atoms with Crippen LogP contribution in [0.15, 0.2) is 42.5 Å². The van der Waals surface area contributed by atoms with Gasteiger partial charge in [-0.3, -0.25) is 4.79 Å². The lowest BCUT2D eigenvalue weighted by molar-refractivity contribution is 0.104. The Morgan fingerprint density at radius 3 is 2.76 bits per heavy atom.